The summed E-state index contributed by atoms with van der Waals surface area (Å²) >= 11 is 0. The molecular formula is C24H26N2O6. The number of benzene rings is 1. The third-order valence-electron chi connectivity index (χ3n) is 7.75. The van der Waals surface area contributed by atoms with Crippen LogP contribution in [0.2, 0.25) is 0 Å². The molecule has 168 valence electrons. The molecule has 0 aromatic heterocycles. The second-order valence-electron chi connectivity index (χ2n) is 9.12. The first-order chi connectivity index (χ1) is 15.3. The van der Waals surface area contributed by atoms with E-state index in [-0.39, 0.29) is 35.3 Å². The quantitative estimate of drug-likeness (QED) is 0.569. The van der Waals surface area contributed by atoms with E-state index >= 15 is 0 Å². The minimum Gasteiger partial charge on any atom is -0.504 e. The number of ether oxygens (including phenoxy) is 1. The van der Waals surface area contributed by atoms with Crippen molar-refractivity contribution in [2.24, 2.45) is 29.6 Å². The van der Waals surface area contributed by atoms with Crippen LogP contribution >= 0.6 is 0 Å². The third-order valence-corrected chi connectivity index (χ3v) is 7.75. The van der Waals surface area contributed by atoms with Crippen molar-refractivity contribution in [1.82, 2.24) is 9.80 Å². The van der Waals surface area contributed by atoms with E-state index in [9.17, 15) is 24.3 Å². The summed E-state index contributed by atoms with van der Waals surface area (Å²) < 4.78 is 5.56. The first-order valence-corrected chi connectivity index (χ1v) is 11.0. The van der Waals surface area contributed by atoms with Crippen LogP contribution in [0.4, 0.5) is 0 Å². The molecular weight excluding hydrogens is 412 g/mol. The molecule has 0 radical (unpaired) electrons. The van der Waals surface area contributed by atoms with E-state index in [1.54, 1.807) is 18.2 Å². The van der Waals surface area contributed by atoms with Crippen LogP contribution < -0.4 is 4.74 Å². The molecule has 2 saturated heterocycles. The van der Waals surface area contributed by atoms with Crippen molar-refractivity contribution in [3.05, 3.63) is 35.4 Å². The molecule has 0 unspecified atom stereocenters. The first-order valence-electron chi connectivity index (χ1n) is 11.0. The molecule has 32 heavy (non-hydrogen) atoms. The Kier molecular flexibility index (Phi) is 4.65. The van der Waals surface area contributed by atoms with Crippen LogP contribution in [0.1, 0.15) is 31.2 Å². The van der Waals surface area contributed by atoms with E-state index in [1.807, 2.05) is 13.0 Å². The van der Waals surface area contributed by atoms with Crippen molar-refractivity contribution in [2.75, 3.05) is 20.7 Å². The van der Waals surface area contributed by atoms with Crippen molar-refractivity contribution >= 4 is 23.6 Å². The molecule has 8 heteroatoms. The number of phenolic OH excluding ortho intramolecular Hbond substituents is 1. The Morgan fingerprint density at radius 2 is 1.59 bits per heavy atom. The number of imide groups is 2. The predicted octanol–water partition coefficient (Wildman–Crippen LogP) is 1.69. The summed E-state index contributed by atoms with van der Waals surface area (Å²) in [4.78, 5) is 54.1. The molecule has 6 atom stereocenters. The maximum Gasteiger partial charge on any atom is 0.233 e. The van der Waals surface area contributed by atoms with E-state index in [4.69, 9.17) is 4.74 Å². The standard InChI is InChI=1S/C24H26N2O6/c1-4-32-16-7-5-6-12(20(16)27)17-11-8-9-13-18(23(30)25(2)21(13)28)14(11)10-15-19(17)24(31)26(3)22(15)29/h5-8,13-15,17-19,27H,4,9-10H2,1-3H3/t13-,14+,15+,17+,18-,19+/m0/s1. The van der Waals surface area contributed by atoms with Crippen LogP contribution in [0.25, 0.3) is 0 Å². The fraction of sp³-hybridized carbons (Fsp3) is 0.500. The number of likely N-dealkylation sites (tertiary alicyclic amines) is 2. The number of carbonyl (C=O) groups excluding carboxylic acids is 4. The third kappa shape index (κ3) is 2.61. The van der Waals surface area contributed by atoms with Gasteiger partial charge in [-0.2, -0.15) is 0 Å². The minimum absolute atomic E-state index is 0.0532. The summed E-state index contributed by atoms with van der Waals surface area (Å²) in [7, 11) is 2.98. The van der Waals surface area contributed by atoms with Crippen LogP contribution in [-0.4, -0.2) is 59.2 Å². The monoisotopic (exact) mass is 438 g/mol. The van der Waals surface area contributed by atoms with Crippen LogP contribution in [0, 0.1) is 29.6 Å². The Labute approximate surface area is 185 Å². The minimum atomic E-state index is -0.653. The van der Waals surface area contributed by atoms with Gasteiger partial charge >= 0.3 is 0 Å². The van der Waals surface area contributed by atoms with Gasteiger partial charge in [-0.15, -0.1) is 0 Å². The number of rotatable bonds is 3. The molecule has 2 aliphatic heterocycles. The second kappa shape index (κ2) is 7.18. The second-order valence-corrected chi connectivity index (χ2v) is 9.12. The van der Waals surface area contributed by atoms with E-state index in [1.165, 1.54) is 19.0 Å². The molecule has 0 spiro atoms. The summed E-state index contributed by atoms with van der Waals surface area (Å²) in [6.45, 7) is 2.18. The van der Waals surface area contributed by atoms with Gasteiger partial charge in [-0.25, -0.2) is 0 Å². The number of fused-ring (bicyclic) bond motifs is 4. The molecule has 1 aromatic rings. The van der Waals surface area contributed by atoms with Gasteiger partial charge in [0.2, 0.25) is 23.6 Å². The zero-order valence-corrected chi connectivity index (χ0v) is 18.3. The highest BCUT2D eigenvalue weighted by Crippen LogP contribution is 2.59. The number of hydrogen-bond acceptors (Lipinski definition) is 6. The molecule has 0 bridgehead atoms. The topological polar surface area (TPSA) is 104 Å². The summed E-state index contributed by atoms with van der Waals surface area (Å²) in [5, 5.41) is 11.0. The zero-order chi connectivity index (χ0) is 22.9. The van der Waals surface area contributed by atoms with Gasteiger partial charge in [0.05, 0.1) is 30.3 Å². The number of amides is 4. The van der Waals surface area contributed by atoms with Crippen molar-refractivity contribution in [1.29, 1.82) is 0 Å². The van der Waals surface area contributed by atoms with Gasteiger partial charge in [0, 0.05) is 25.6 Å². The van der Waals surface area contributed by atoms with Crippen molar-refractivity contribution in [2.45, 2.75) is 25.7 Å². The number of allylic oxidation sites excluding steroid dienone is 2. The fourth-order valence-corrected chi connectivity index (χ4v) is 6.31. The van der Waals surface area contributed by atoms with Crippen LogP contribution in [-0.2, 0) is 19.2 Å². The lowest BCUT2D eigenvalue weighted by atomic mass is 9.57. The van der Waals surface area contributed by atoms with Gasteiger partial charge in [-0.1, -0.05) is 23.8 Å². The van der Waals surface area contributed by atoms with E-state index in [2.05, 4.69) is 0 Å². The number of phenols is 1. The zero-order valence-electron chi connectivity index (χ0n) is 18.3. The molecule has 1 saturated carbocycles. The summed E-state index contributed by atoms with van der Waals surface area (Å²) in [5.74, 6) is -3.83. The Morgan fingerprint density at radius 1 is 0.938 bits per heavy atom. The number of hydrogen-bond donors (Lipinski definition) is 1. The van der Waals surface area contributed by atoms with Gasteiger partial charge in [-0.3, -0.25) is 29.0 Å². The lowest BCUT2D eigenvalue weighted by Crippen LogP contribution is -2.43. The fourth-order valence-electron chi connectivity index (χ4n) is 6.31. The van der Waals surface area contributed by atoms with E-state index < -0.39 is 29.6 Å². The number of aromatic hydroxyl groups is 1. The number of para-hydroxylation sites is 1. The van der Waals surface area contributed by atoms with Crippen molar-refractivity contribution in [3.8, 4) is 11.5 Å². The molecule has 8 nitrogen and oxygen atoms in total. The highest BCUT2D eigenvalue weighted by molar-refractivity contribution is 6.07. The maximum absolute atomic E-state index is 13.2. The number of carbonyl (C=O) groups is 4. The summed E-state index contributed by atoms with van der Waals surface area (Å²) in [6.07, 6.45) is 2.71. The Bertz CT molecular complexity index is 1080. The molecule has 3 fully saturated rings. The SMILES string of the molecule is CCOc1cccc([C@H]2C3=CC[C@@H]4C(=O)N(C)C(=O)[C@@H]4[C@@H]3C[C@H]3C(=O)N(C)C(=O)[C@@H]23)c1O. The maximum atomic E-state index is 13.2. The summed E-state index contributed by atoms with van der Waals surface area (Å²) in [5.41, 5.74) is 1.38. The first kappa shape index (κ1) is 20.7. The van der Waals surface area contributed by atoms with Crippen molar-refractivity contribution in [3.63, 3.8) is 0 Å². The Hall–Kier alpha value is -3.16. The highest BCUT2D eigenvalue weighted by atomic mass is 16.5. The van der Waals surface area contributed by atoms with Gasteiger partial charge in [-0.05, 0) is 31.7 Å². The van der Waals surface area contributed by atoms with Crippen LogP contribution in [0.5, 0.6) is 11.5 Å². The molecule has 5 rings (SSSR count). The highest BCUT2D eigenvalue weighted by Gasteiger charge is 2.61. The van der Waals surface area contributed by atoms with E-state index in [0.29, 0.717) is 30.8 Å². The van der Waals surface area contributed by atoms with Gasteiger partial charge in [0.25, 0.3) is 0 Å². The lowest BCUT2D eigenvalue weighted by molar-refractivity contribution is -0.140. The number of nitrogens with zero attached hydrogens (tertiary/aromatic N) is 2. The average Bonchev–Trinajstić information content (AvgIpc) is 3.14. The lowest BCUT2D eigenvalue weighted by Gasteiger charge is -2.44. The van der Waals surface area contributed by atoms with Crippen LogP contribution in [0.15, 0.2) is 29.8 Å². The van der Waals surface area contributed by atoms with Crippen molar-refractivity contribution < 1.29 is 29.0 Å². The summed E-state index contributed by atoms with van der Waals surface area (Å²) in [6, 6.07) is 5.17. The molecule has 4 amide bonds. The smallest absolute Gasteiger partial charge is 0.233 e. The Morgan fingerprint density at radius 3 is 2.28 bits per heavy atom. The van der Waals surface area contributed by atoms with Gasteiger partial charge in [0.15, 0.2) is 11.5 Å². The normalized spacial score (nSPS) is 33.8. The molecule has 4 aliphatic rings. The molecule has 2 aliphatic carbocycles. The van der Waals surface area contributed by atoms with E-state index in [0.717, 1.165) is 10.5 Å². The Balaban J connectivity index is 1.68. The molecule has 1 aromatic carbocycles. The predicted molar refractivity (Wildman–Crippen MR) is 112 cm³/mol. The largest absolute Gasteiger partial charge is 0.504 e. The molecule has 2 heterocycles. The van der Waals surface area contributed by atoms with Gasteiger partial charge < -0.3 is 9.84 Å². The van der Waals surface area contributed by atoms with Gasteiger partial charge in [0.1, 0.15) is 0 Å². The average molecular weight is 438 g/mol. The molecule has 1 N–H and O–H groups in total. The van der Waals surface area contributed by atoms with Crippen LogP contribution in [0.3, 0.4) is 0 Å².